The summed E-state index contributed by atoms with van der Waals surface area (Å²) in [7, 11) is 0. The van der Waals surface area contributed by atoms with Gasteiger partial charge in [-0.2, -0.15) is 4.57 Å². The SMILES string of the molecule is [O-]C(=C(C(=S)Nc1ccccc1Cl)[n+]1ccccc1)c1ccc(Cl)cc1. The van der Waals surface area contributed by atoms with Gasteiger partial charge in [0, 0.05) is 17.2 Å². The molecule has 1 N–H and O–H groups in total. The fraction of sp³-hybridized carbons (Fsp3) is 0. The summed E-state index contributed by atoms with van der Waals surface area (Å²) in [6, 6.07) is 19.4. The lowest BCUT2D eigenvalue weighted by molar-refractivity contribution is -0.577. The molecule has 0 saturated carbocycles. The van der Waals surface area contributed by atoms with Gasteiger partial charge in [0.05, 0.1) is 10.7 Å². The van der Waals surface area contributed by atoms with Gasteiger partial charge in [0.2, 0.25) is 5.70 Å². The number of hydrogen-bond donors (Lipinski definition) is 1. The average Bonchev–Trinajstić information content (AvgIpc) is 2.65. The summed E-state index contributed by atoms with van der Waals surface area (Å²) in [5.41, 5.74) is 1.45. The smallest absolute Gasteiger partial charge is 0.238 e. The van der Waals surface area contributed by atoms with Crippen LogP contribution in [0.1, 0.15) is 5.56 Å². The number of hydrogen-bond acceptors (Lipinski definition) is 2. The lowest BCUT2D eigenvalue weighted by atomic mass is 10.1. The number of anilines is 1. The summed E-state index contributed by atoms with van der Waals surface area (Å²) in [4.78, 5) is 0.272. The third-order valence-electron chi connectivity index (χ3n) is 3.63. The van der Waals surface area contributed by atoms with Crippen molar-refractivity contribution in [3.8, 4) is 0 Å². The van der Waals surface area contributed by atoms with Crippen LogP contribution in [-0.4, -0.2) is 4.99 Å². The van der Waals surface area contributed by atoms with Gasteiger partial charge >= 0.3 is 0 Å². The van der Waals surface area contributed by atoms with Gasteiger partial charge in [-0.15, -0.1) is 0 Å². The molecule has 130 valence electrons. The molecular formula is C20H14Cl2N2OS. The van der Waals surface area contributed by atoms with Gasteiger partial charge in [-0.25, -0.2) is 0 Å². The zero-order valence-corrected chi connectivity index (χ0v) is 15.9. The number of halogens is 2. The minimum absolute atomic E-state index is 0.220. The number of thiocarbonyl (C=S) groups is 1. The first-order valence-electron chi connectivity index (χ1n) is 7.76. The van der Waals surface area contributed by atoms with E-state index in [1.807, 2.05) is 30.3 Å². The largest absolute Gasteiger partial charge is 0.867 e. The van der Waals surface area contributed by atoms with E-state index >= 15 is 0 Å². The Kier molecular flexibility index (Phi) is 5.89. The van der Waals surface area contributed by atoms with Gasteiger partial charge in [-0.3, -0.25) is 0 Å². The molecule has 0 atom stereocenters. The minimum Gasteiger partial charge on any atom is -0.867 e. The minimum atomic E-state index is -0.220. The van der Waals surface area contributed by atoms with Crippen LogP contribution >= 0.6 is 35.4 Å². The molecule has 1 aromatic heterocycles. The molecule has 0 aliphatic heterocycles. The van der Waals surface area contributed by atoms with E-state index in [2.05, 4.69) is 5.32 Å². The molecule has 3 rings (SSSR count). The van der Waals surface area contributed by atoms with Crippen LogP contribution in [0.5, 0.6) is 0 Å². The first-order valence-corrected chi connectivity index (χ1v) is 8.92. The summed E-state index contributed by atoms with van der Waals surface area (Å²) in [5.74, 6) is -0.220. The van der Waals surface area contributed by atoms with Crippen molar-refractivity contribution in [3.63, 3.8) is 0 Å². The third-order valence-corrected chi connectivity index (χ3v) is 4.51. The highest BCUT2D eigenvalue weighted by atomic mass is 35.5. The lowest BCUT2D eigenvalue weighted by Gasteiger charge is -2.17. The second-order valence-electron chi connectivity index (χ2n) is 5.40. The Bertz CT molecular complexity index is 957. The zero-order valence-electron chi connectivity index (χ0n) is 13.5. The third kappa shape index (κ3) is 4.22. The standard InChI is InChI=1S/C20H14Cl2N2OS/c21-15-10-8-14(9-11-15)19(25)18(24-12-4-1-5-13-24)20(26)23-17-7-3-2-6-16(17)22/h1-13H,(H-,23,25,26). The molecule has 2 aromatic carbocycles. The Labute approximate surface area is 167 Å². The van der Waals surface area contributed by atoms with Crippen molar-refractivity contribution in [2.45, 2.75) is 0 Å². The van der Waals surface area contributed by atoms with E-state index in [0.717, 1.165) is 0 Å². The topological polar surface area (TPSA) is 39.0 Å². The van der Waals surface area contributed by atoms with E-state index in [9.17, 15) is 5.11 Å². The number of benzene rings is 2. The molecule has 0 fully saturated rings. The second-order valence-corrected chi connectivity index (χ2v) is 6.65. The monoisotopic (exact) mass is 400 g/mol. The number of nitrogens with one attached hydrogen (secondary N) is 1. The van der Waals surface area contributed by atoms with Crippen LogP contribution in [0.3, 0.4) is 0 Å². The van der Waals surface area contributed by atoms with Crippen molar-refractivity contribution in [2.24, 2.45) is 0 Å². The molecule has 6 heteroatoms. The molecule has 0 bridgehead atoms. The summed E-state index contributed by atoms with van der Waals surface area (Å²) in [5, 5.41) is 17.3. The predicted octanol–water partition coefficient (Wildman–Crippen LogP) is 4.41. The highest BCUT2D eigenvalue weighted by Crippen LogP contribution is 2.23. The van der Waals surface area contributed by atoms with E-state index in [0.29, 0.717) is 27.0 Å². The fourth-order valence-electron chi connectivity index (χ4n) is 2.37. The average molecular weight is 401 g/mol. The van der Waals surface area contributed by atoms with Crippen LogP contribution < -0.4 is 15.0 Å². The summed E-state index contributed by atoms with van der Waals surface area (Å²) >= 11 is 17.6. The molecule has 0 saturated heterocycles. The van der Waals surface area contributed by atoms with Crippen molar-refractivity contribution in [2.75, 3.05) is 5.32 Å². The Balaban J connectivity index is 2.06. The first-order chi connectivity index (χ1) is 12.6. The van der Waals surface area contributed by atoms with Gasteiger partial charge in [0.1, 0.15) is 0 Å². The van der Waals surface area contributed by atoms with Crippen molar-refractivity contribution in [1.82, 2.24) is 0 Å². The maximum absolute atomic E-state index is 13.1. The van der Waals surface area contributed by atoms with Crippen LogP contribution in [0.2, 0.25) is 10.0 Å². The number of aromatic nitrogens is 1. The van der Waals surface area contributed by atoms with E-state index in [1.54, 1.807) is 53.4 Å². The molecule has 26 heavy (non-hydrogen) atoms. The molecule has 0 radical (unpaired) electrons. The van der Waals surface area contributed by atoms with Crippen molar-refractivity contribution >= 4 is 57.6 Å². The second kappa shape index (κ2) is 8.32. The van der Waals surface area contributed by atoms with Crippen LogP contribution in [0.4, 0.5) is 5.69 Å². The number of pyridine rings is 1. The molecule has 3 nitrogen and oxygen atoms in total. The van der Waals surface area contributed by atoms with E-state index < -0.39 is 0 Å². The molecule has 0 aliphatic rings. The zero-order chi connectivity index (χ0) is 18.5. The molecule has 0 amide bonds. The Hall–Kier alpha value is -2.40. The number of rotatable bonds is 4. The quantitative estimate of drug-likeness (QED) is 0.305. The van der Waals surface area contributed by atoms with Crippen molar-refractivity contribution in [3.05, 3.63) is 94.7 Å². The molecule has 1 heterocycles. The van der Waals surface area contributed by atoms with E-state index in [4.69, 9.17) is 35.4 Å². The van der Waals surface area contributed by atoms with Gasteiger partial charge in [-0.05, 0) is 35.6 Å². The van der Waals surface area contributed by atoms with Gasteiger partial charge in [-0.1, -0.05) is 65.8 Å². The van der Waals surface area contributed by atoms with Gasteiger partial charge in [0.15, 0.2) is 17.4 Å². The fourth-order valence-corrected chi connectivity index (χ4v) is 2.98. The highest BCUT2D eigenvalue weighted by molar-refractivity contribution is 7.81. The van der Waals surface area contributed by atoms with Crippen LogP contribution in [0.15, 0.2) is 79.1 Å². The molecule has 3 aromatic rings. The number of nitrogens with zero attached hydrogens (tertiary/aromatic N) is 1. The molecule has 0 unspecified atom stereocenters. The normalized spacial score (nSPS) is 11.6. The molecule has 0 aliphatic carbocycles. The Morgan fingerprint density at radius 3 is 2.19 bits per heavy atom. The van der Waals surface area contributed by atoms with Crippen LogP contribution in [0, 0.1) is 0 Å². The molecule has 0 spiro atoms. The lowest BCUT2D eigenvalue weighted by Crippen LogP contribution is -2.39. The van der Waals surface area contributed by atoms with Crippen molar-refractivity contribution in [1.29, 1.82) is 0 Å². The van der Waals surface area contributed by atoms with Crippen molar-refractivity contribution < 1.29 is 9.67 Å². The number of para-hydroxylation sites is 1. The Morgan fingerprint density at radius 1 is 0.885 bits per heavy atom. The maximum Gasteiger partial charge on any atom is 0.238 e. The Morgan fingerprint density at radius 2 is 1.54 bits per heavy atom. The van der Waals surface area contributed by atoms with Crippen LogP contribution in [-0.2, 0) is 0 Å². The van der Waals surface area contributed by atoms with Gasteiger partial charge < -0.3 is 10.4 Å². The van der Waals surface area contributed by atoms with Gasteiger partial charge in [0.25, 0.3) is 0 Å². The highest BCUT2D eigenvalue weighted by Gasteiger charge is 2.19. The maximum atomic E-state index is 13.1. The molecular weight excluding hydrogens is 387 g/mol. The summed E-state index contributed by atoms with van der Waals surface area (Å²) in [6.07, 6.45) is 3.54. The van der Waals surface area contributed by atoms with E-state index in [-0.39, 0.29) is 10.7 Å². The van der Waals surface area contributed by atoms with Crippen LogP contribution in [0.25, 0.3) is 11.5 Å². The predicted molar refractivity (Wildman–Crippen MR) is 109 cm³/mol. The summed E-state index contributed by atoms with van der Waals surface area (Å²) in [6.45, 7) is 0. The summed E-state index contributed by atoms with van der Waals surface area (Å²) < 4.78 is 1.68. The van der Waals surface area contributed by atoms with E-state index in [1.165, 1.54) is 0 Å². The first kappa shape index (κ1) is 18.4.